The lowest BCUT2D eigenvalue weighted by Gasteiger charge is -2.36. The number of nitrogens with zero attached hydrogens (tertiary/aromatic N) is 3. The molecule has 0 unspecified atom stereocenters. The quantitative estimate of drug-likeness (QED) is 0.839. The van der Waals surface area contributed by atoms with E-state index in [4.69, 9.17) is 4.74 Å². The van der Waals surface area contributed by atoms with Crippen molar-refractivity contribution in [2.24, 2.45) is 0 Å². The number of pyridine rings is 1. The van der Waals surface area contributed by atoms with Crippen molar-refractivity contribution in [3.63, 3.8) is 0 Å². The molecule has 1 fully saturated rings. The van der Waals surface area contributed by atoms with Crippen LogP contribution in [0.4, 0.5) is 10.5 Å². The van der Waals surface area contributed by atoms with E-state index in [2.05, 4.69) is 20.9 Å². The van der Waals surface area contributed by atoms with Crippen molar-refractivity contribution in [1.82, 2.24) is 14.9 Å². The van der Waals surface area contributed by atoms with Crippen LogP contribution >= 0.6 is 0 Å². The van der Waals surface area contributed by atoms with Gasteiger partial charge in [-0.25, -0.2) is 9.78 Å². The lowest BCUT2D eigenvalue weighted by Crippen LogP contribution is -2.50. The molecule has 27 heavy (non-hydrogen) atoms. The number of carbonyl (C=O) groups is 2. The molecule has 1 aliphatic heterocycles. The molecule has 7 heteroatoms. The van der Waals surface area contributed by atoms with Gasteiger partial charge in [0.25, 0.3) is 0 Å². The first-order valence-corrected chi connectivity index (χ1v) is 9.11. The summed E-state index contributed by atoms with van der Waals surface area (Å²) in [6.45, 7) is 9.80. The summed E-state index contributed by atoms with van der Waals surface area (Å²) >= 11 is 0. The van der Waals surface area contributed by atoms with Crippen LogP contribution in [-0.2, 0) is 9.53 Å². The highest BCUT2D eigenvalue weighted by molar-refractivity contribution is 5.96. The smallest absolute Gasteiger partial charge is 0.410 e. The van der Waals surface area contributed by atoms with Crippen LogP contribution in [0.2, 0.25) is 0 Å². The highest BCUT2D eigenvalue weighted by atomic mass is 16.6. The third kappa shape index (κ3) is 4.67. The van der Waals surface area contributed by atoms with Crippen LogP contribution < -0.4 is 4.90 Å². The number of hydrogen-bond acceptors (Lipinski definition) is 5. The van der Waals surface area contributed by atoms with Crippen LogP contribution in [0.3, 0.4) is 0 Å². The Balaban J connectivity index is 1.71. The molecule has 0 spiro atoms. The molecule has 1 saturated heterocycles. The number of piperazine rings is 1. The van der Waals surface area contributed by atoms with Crippen LogP contribution in [-0.4, -0.2) is 58.5 Å². The van der Waals surface area contributed by atoms with E-state index in [1.54, 1.807) is 17.1 Å². The molecule has 0 aliphatic carbocycles. The molecule has 1 aliphatic rings. The summed E-state index contributed by atoms with van der Waals surface area (Å²) in [7, 11) is 0. The van der Waals surface area contributed by atoms with E-state index in [1.807, 2.05) is 33.2 Å². The number of ether oxygens (including phenoxy) is 1. The number of rotatable bonds is 3. The second kappa shape index (κ2) is 7.42. The normalized spacial score (nSPS) is 15.6. The van der Waals surface area contributed by atoms with Gasteiger partial charge in [-0.05, 0) is 45.9 Å². The average Bonchev–Trinajstić information content (AvgIpc) is 3.01. The largest absolute Gasteiger partial charge is 0.444 e. The predicted molar refractivity (Wildman–Crippen MR) is 106 cm³/mol. The van der Waals surface area contributed by atoms with Gasteiger partial charge in [-0.2, -0.15) is 0 Å². The third-order valence-electron chi connectivity index (χ3n) is 4.34. The summed E-state index contributed by atoms with van der Waals surface area (Å²) in [4.78, 5) is 35.0. The van der Waals surface area contributed by atoms with Crippen molar-refractivity contribution in [3.8, 4) is 0 Å². The fourth-order valence-corrected chi connectivity index (χ4v) is 3.00. The minimum absolute atomic E-state index is 0.00623. The SMILES string of the molecule is CC(=O)/C=C/c1c[nH]c2ncc(N3CCN(C(=O)OC(C)(C)C)CC3)cc12. The summed E-state index contributed by atoms with van der Waals surface area (Å²) < 4.78 is 5.44. The zero-order valence-electron chi connectivity index (χ0n) is 16.3. The molecular formula is C20H26N4O3. The van der Waals surface area contributed by atoms with E-state index in [-0.39, 0.29) is 11.9 Å². The molecule has 144 valence electrons. The van der Waals surface area contributed by atoms with Crippen molar-refractivity contribution < 1.29 is 14.3 Å². The second-order valence-corrected chi connectivity index (χ2v) is 7.73. The maximum absolute atomic E-state index is 12.2. The molecule has 3 rings (SSSR count). The molecule has 1 N–H and O–H groups in total. The lowest BCUT2D eigenvalue weighted by molar-refractivity contribution is -0.112. The van der Waals surface area contributed by atoms with E-state index in [0.717, 1.165) is 35.4 Å². The predicted octanol–water partition coefficient (Wildman–Crippen LogP) is 3.22. The first kappa shape index (κ1) is 18.9. The van der Waals surface area contributed by atoms with Gasteiger partial charge in [0.2, 0.25) is 0 Å². The molecule has 0 radical (unpaired) electrons. The topological polar surface area (TPSA) is 78.5 Å². The second-order valence-electron chi connectivity index (χ2n) is 7.73. The minimum Gasteiger partial charge on any atom is -0.444 e. The van der Waals surface area contributed by atoms with Gasteiger partial charge in [-0.15, -0.1) is 0 Å². The zero-order chi connectivity index (χ0) is 19.6. The molecule has 3 heterocycles. The first-order chi connectivity index (χ1) is 12.7. The number of ketones is 1. The first-order valence-electron chi connectivity index (χ1n) is 9.11. The average molecular weight is 370 g/mol. The van der Waals surface area contributed by atoms with E-state index in [1.165, 1.54) is 6.92 Å². The van der Waals surface area contributed by atoms with Crippen LogP contribution in [0.1, 0.15) is 33.3 Å². The highest BCUT2D eigenvalue weighted by Crippen LogP contribution is 2.25. The molecule has 1 amide bonds. The molecule has 0 atom stereocenters. The summed E-state index contributed by atoms with van der Waals surface area (Å²) in [5.41, 5.74) is 2.24. The molecular weight excluding hydrogens is 344 g/mol. The number of carbonyl (C=O) groups excluding carboxylic acids is 2. The van der Waals surface area contributed by atoms with Gasteiger partial charge in [0.05, 0.1) is 11.9 Å². The van der Waals surface area contributed by atoms with Crippen molar-refractivity contribution in [3.05, 3.63) is 30.1 Å². The maximum atomic E-state index is 12.2. The Morgan fingerprint density at radius 2 is 1.93 bits per heavy atom. The van der Waals surface area contributed by atoms with Crippen LogP contribution in [0.25, 0.3) is 17.1 Å². The maximum Gasteiger partial charge on any atom is 0.410 e. The molecule has 0 aromatic carbocycles. The number of H-pyrrole nitrogens is 1. The molecule has 2 aromatic heterocycles. The van der Waals surface area contributed by atoms with Crippen molar-refractivity contribution in [1.29, 1.82) is 0 Å². The third-order valence-corrected chi connectivity index (χ3v) is 4.34. The fraction of sp³-hybridized carbons (Fsp3) is 0.450. The highest BCUT2D eigenvalue weighted by Gasteiger charge is 2.26. The Morgan fingerprint density at radius 3 is 2.56 bits per heavy atom. The van der Waals surface area contributed by atoms with Crippen molar-refractivity contribution in [2.75, 3.05) is 31.1 Å². The summed E-state index contributed by atoms with van der Waals surface area (Å²) in [5.74, 6) is 0.00623. The van der Waals surface area contributed by atoms with Gasteiger partial charge < -0.3 is 19.5 Å². The van der Waals surface area contributed by atoms with Crippen LogP contribution in [0.5, 0.6) is 0 Å². The van der Waals surface area contributed by atoms with Crippen LogP contribution in [0.15, 0.2) is 24.5 Å². The number of amides is 1. The Labute approximate surface area is 159 Å². The van der Waals surface area contributed by atoms with Gasteiger partial charge in [-0.3, -0.25) is 4.79 Å². The van der Waals surface area contributed by atoms with Gasteiger partial charge in [0.1, 0.15) is 11.2 Å². The van der Waals surface area contributed by atoms with Gasteiger partial charge in [-0.1, -0.05) is 0 Å². The van der Waals surface area contributed by atoms with Gasteiger partial charge in [0.15, 0.2) is 5.78 Å². The summed E-state index contributed by atoms with van der Waals surface area (Å²) in [6, 6.07) is 2.07. The number of hydrogen-bond donors (Lipinski definition) is 1. The molecule has 0 saturated carbocycles. The summed E-state index contributed by atoms with van der Waals surface area (Å²) in [6.07, 6.45) is 6.77. The Hall–Kier alpha value is -2.83. The molecule has 0 bridgehead atoms. The monoisotopic (exact) mass is 370 g/mol. The number of nitrogens with one attached hydrogen (secondary N) is 1. The standard InChI is InChI=1S/C20H26N4O3/c1-14(25)5-6-15-12-21-18-17(15)11-16(13-22-18)23-7-9-24(10-8-23)19(26)27-20(2,3)4/h5-6,11-13H,7-10H2,1-4H3,(H,21,22)/b6-5+. The van der Waals surface area contributed by atoms with E-state index in [0.29, 0.717) is 13.1 Å². The molecule has 7 nitrogen and oxygen atoms in total. The number of fused-ring (bicyclic) bond motifs is 1. The fourth-order valence-electron chi connectivity index (χ4n) is 3.00. The van der Waals surface area contributed by atoms with Crippen LogP contribution in [0, 0.1) is 0 Å². The van der Waals surface area contributed by atoms with E-state index < -0.39 is 5.60 Å². The molecule has 2 aromatic rings. The lowest BCUT2D eigenvalue weighted by atomic mass is 10.1. The Morgan fingerprint density at radius 1 is 1.22 bits per heavy atom. The number of aromatic amines is 1. The van der Waals surface area contributed by atoms with Crippen molar-refractivity contribution in [2.45, 2.75) is 33.3 Å². The van der Waals surface area contributed by atoms with Gasteiger partial charge in [0, 0.05) is 43.3 Å². The Kier molecular flexibility index (Phi) is 5.21. The van der Waals surface area contributed by atoms with Crippen molar-refractivity contribution >= 4 is 34.7 Å². The number of aromatic nitrogens is 2. The minimum atomic E-state index is -0.485. The van der Waals surface area contributed by atoms with E-state index in [9.17, 15) is 9.59 Å². The Bertz CT molecular complexity index is 871. The zero-order valence-corrected chi connectivity index (χ0v) is 16.3. The number of allylic oxidation sites excluding steroid dienone is 1. The summed E-state index contributed by atoms with van der Waals surface area (Å²) in [5, 5.41) is 0.972. The number of anilines is 1. The van der Waals surface area contributed by atoms with Gasteiger partial charge >= 0.3 is 6.09 Å². The van der Waals surface area contributed by atoms with E-state index >= 15 is 0 Å².